The highest BCUT2D eigenvalue weighted by Crippen LogP contribution is 2.26. The van der Waals surface area contributed by atoms with E-state index < -0.39 is 11.9 Å². The van der Waals surface area contributed by atoms with Crippen LogP contribution in [0.15, 0.2) is 18.2 Å². The van der Waals surface area contributed by atoms with E-state index in [0.29, 0.717) is 20.7 Å². The molecule has 1 aromatic rings. The molecule has 0 N–H and O–H groups in total. The van der Waals surface area contributed by atoms with Crippen molar-refractivity contribution in [2.45, 2.75) is 13.8 Å². The summed E-state index contributed by atoms with van der Waals surface area (Å²) in [5, 5.41) is 0.763. The summed E-state index contributed by atoms with van der Waals surface area (Å²) < 4.78 is 5.10. The molecule has 1 aromatic carbocycles. The average molecular weight is 277 g/mol. The molecule has 0 amide bonds. The molecule has 0 aliphatic carbocycles. The number of thiocarbonyl (C=S) groups is 1. The van der Waals surface area contributed by atoms with Crippen molar-refractivity contribution in [3.8, 4) is 5.75 Å². The number of carbonyl (C=O) groups excluding carboxylic acids is 1. The van der Waals surface area contributed by atoms with E-state index in [1.807, 2.05) is 0 Å². The van der Waals surface area contributed by atoms with Gasteiger partial charge in [0.1, 0.15) is 5.75 Å². The molecule has 0 spiro atoms. The van der Waals surface area contributed by atoms with Crippen LogP contribution in [-0.4, -0.2) is 10.8 Å². The standard InChI is InChI=1S/C11H10Cl2O2S/c1-6(7(2)16)11(14)15-8-3-4-9(12)10(13)5-8/h3-6H,1-2H3. The molecule has 0 fully saturated rings. The predicted octanol–water partition coefficient (Wildman–Crippen LogP) is 3.92. The Balaban J connectivity index is 2.77. The minimum absolute atomic E-state index is 0.346. The first-order valence-electron chi connectivity index (χ1n) is 4.59. The molecule has 0 heterocycles. The Kier molecular flexibility index (Phi) is 4.71. The molecule has 2 nitrogen and oxygen atoms in total. The number of benzene rings is 1. The van der Waals surface area contributed by atoms with Crippen molar-refractivity contribution in [2.75, 3.05) is 0 Å². The third-order valence-electron chi connectivity index (χ3n) is 2.07. The summed E-state index contributed by atoms with van der Waals surface area (Å²) in [6.45, 7) is 3.40. The van der Waals surface area contributed by atoms with Gasteiger partial charge in [-0.1, -0.05) is 35.4 Å². The third-order valence-corrected chi connectivity index (χ3v) is 3.17. The second-order valence-corrected chi connectivity index (χ2v) is 4.79. The fourth-order valence-electron chi connectivity index (χ4n) is 0.911. The van der Waals surface area contributed by atoms with Crippen LogP contribution < -0.4 is 4.74 Å². The van der Waals surface area contributed by atoms with Crippen molar-refractivity contribution in [3.63, 3.8) is 0 Å². The van der Waals surface area contributed by atoms with Gasteiger partial charge >= 0.3 is 5.97 Å². The van der Waals surface area contributed by atoms with Gasteiger partial charge in [0.15, 0.2) is 0 Å². The molecule has 86 valence electrons. The number of hydrogen-bond donors (Lipinski definition) is 0. The monoisotopic (exact) mass is 276 g/mol. The number of halogens is 2. The minimum atomic E-state index is -0.413. The Morgan fingerprint density at radius 2 is 2.00 bits per heavy atom. The summed E-state index contributed by atoms with van der Waals surface area (Å²) in [7, 11) is 0. The van der Waals surface area contributed by atoms with Gasteiger partial charge in [-0.05, 0) is 26.0 Å². The van der Waals surface area contributed by atoms with Crippen molar-refractivity contribution in [1.29, 1.82) is 0 Å². The van der Waals surface area contributed by atoms with E-state index in [2.05, 4.69) is 0 Å². The van der Waals surface area contributed by atoms with E-state index in [4.69, 9.17) is 40.2 Å². The topological polar surface area (TPSA) is 26.3 Å². The summed E-state index contributed by atoms with van der Waals surface area (Å²) in [4.78, 5) is 12.2. The largest absolute Gasteiger partial charge is 0.426 e. The van der Waals surface area contributed by atoms with Crippen LogP contribution >= 0.6 is 35.4 Å². The zero-order valence-electron chi connectivity index (χ0n) is 8.79. The second-order valence-electron chi connectivity index (χ2n) is 3.33. The van der Waals surface area contributed by atoms with Gasteiger partial charge in [0.2, 0.25) is 0 Å². The first kappa shape index (κ1) is 13.4. The molecular formula is C11H10Cl2O2S. The fraction of sp³-hybridized carbons (Fsp3) is 0.273. The molecule has 1 unspecified atom stereocenters. The average Bonchev–Trinajstić information content (AvgIpc) is 2.22. The molecule has 5 heteroatoms. The van der Waals surface area contributed by atoms with Gasteiger partial charge in [-0.15, -0.1) is 0 Å². The van der Waals surface area contributed by atoms with E-state index in [-0.39, 0.29) is 0 Å². The number of carbonyl (C=O) groups is 1. The van der Waals surface area contributed by atoms with Crippen LogP contribution in [0.3, 0.4) is 0 Å². The van der Waals surface area contributed by atoms with E-state index in [9.17, 15) is 4.79 Å². The summed E-state index contributed by atoms with van der Waals surface area (Å²) in [6, 6.07) is 4.65. The Morgan fingerprint density at radius 3 is 2.50 bits per heavy atom. The Morgan fingerprint density at radius 1 is 1.38 bits per heavy atom. The van der Waals surface area contributed by atoms with E-state index in [1.165, 1.54) is 6.07 Å². The van der Waals surface area contributed by atoms with Crippen LogP contribution in [0.25, 0.3) is 0 Å². The number of hydrogen-bond acceptors (Lipinski definition) is 3. The lowest BCUT2D eigenvalue weighted by atomic mass is 10.1. The van der Waals surface area contributed by atoms with Gasteiger partial charge in [0.25, 0.3) is 0 Å². The van der Waals surface area contributed by atoms with Crippen molar-refractivity contribution in [1.82, 2.24) is 0 Å². The van der Waals surface area contributed by atoms with Gasteiger partial charge in [-0.2, -0.15) is 0 Å². The molecule has 0 aliphatic heterocycles. The molecular weight excluding hydrogens is 267 g/mol. The highest BCUT2D eigenvalue weighted by atomic mass is 35.5. The molecule has 1 atom stereocenters. The van der Waals surface area contributed by atoms with Crippen LogP contribution in [0, 0.1) is 5.92 Å². The fourth-order valence-corrected chi connectivity index (χ4v) is 1.30. The zero-order valence-corrected chi connectivity index (χ0v) is 11.1. The van der Waals surface area contributed by atoms with Crippen LogP contribution in [0.5, 0.6) is 5.75 Å². The maximum Gasteiger partial charge on any atom is 0.319 e. The van der Waals surface area contributed by atoms with Crippen molar-refractivity contribution in [2.24, 2.45) is 5.92 Å². The molecule has 0 saturated heterocycles. The quantitative estimate of drug-likeness (QED) is 0.476. The molecule has 0 aromatic heterocycles. The Labute approximate surface area is 109 Å². The van der Waals surface area contributed by atoms with Crippen molar-refractivity contribution < 1.29 is 9.53 Å². The smallest absolute Gasteiger partial charge is 0.319 e. The van der Waals surface area contributed by atoms with E-state index in [1.54, 1.807) is 26.0 Å². The summed E-state index contributed by atoms with van der Waals surface area (Å²) >= 11 is 16.4. The number of rotatable bonds is 3. The van der Waals surface area contributed by atoms with Crippen molar-refractivity contribution in [3.05, 3.63) is 28.2 Å². The normalized spacial score (nSPS) is 12.0. The third kappa shape index (κ3) is 3.44. The maximum atomic E-state index is 11.6. The maximum absolute atomic E-state index is 11.6. The summed E-state index contributed by atoms with van der Waals surface area (Å²) in [6.07, 6.45) is 0. The summed E-state index contributed by atoms with van der Waals surface area (Å²) in [5.74, 6) is -0.446. The first-order chi connectivity index (χ1) is 7.41. The Hall–Kier alpha value is -0.640. The van der Waals surface area contributed by atoms with E-state index >= 15 is 0 Å². The lowest BCUT2D eigenvalue weighted by molar-refractivity contribution is -0.136. The van der Waals surface area contributed by atoms with Crippen LogP contribution in [0.4, 0.5) is 0 Å². The van der Waals surface area contributed by atoms with Gasteiger partial charge in [0, 0.05) is 10.9 Å². The minimum Gasteiger partial charge on any atom is -0.426 e. The predicted molar refractivity (Wildman–Crippen MR) is 69.5 cm³/mol. The first-order valence-corrected chi connectivity index (χ1v) is 5.75. The number of esters is 1. The van der Waals surface area contributed by atoms with Gasteiger partial charge in [-0.3, -0.25) is 4.79 Å². The number of ether oxygens (including phenoxy) is 1. The van der Waals surface area contributed by atoms with Gasteiger partial charge in [-0.25, -0.2) is 0 Å². The lowest BCUT2D eigenvalue weighted by Crippen LogP contribution is -2.22. The highest BCUT2D eigenvalue weighted by Gasteiger charge is 2.17. The zero-order chi connectivity index (χ0) is 12.3. The molecule has 0 aliphatic rings. The molecule has 0 bridgehead atoms. The van der Waals surface area contributed by atoms with Gasteiger partial charge < -0.3 is 4.74 Å². The lowest BCUT2D eigenvalue weighted by Gasteiger charge is -2.10. The Bertz CT molecular complexity index is 432. The molecule has 16 heavy (non-hydrogen) atoms. The highest BCUT2D eigenvalue weighted by molar-refractivity contribution is 7.80. The van der Waals surface area contributed by atoms with Crippen LogP contribution in [0.2, 0.25) is 10.0 Å². The molecule has 0 radical (unpaired) electrons. The van der Waals surface area contributed by atoms with Crippen LogP contribution in [-0.2, 0) is 4.79 Å². The van der Waals surface area contributed by atoms with E-state index in [0.717, 1.165) is 0 Å². The summed E-state index contributed by atoms with van der Waals surface area (Å²) in [5.41, 5.74) is 0. The molecule has 1 rings (SSSR count). The second kappa shape index (κ2) is 5.62. The van der Waals surface area contributed by atoms with Gasteiger partial charge in [0.05, 0.1) is 16.0 Å². The van der Waals surface area contributed by atoms with Crippen molar-refractivity contribution >= 4 is 46.3 Å². The molecule has 0 saturated carbocycles. The van der Waals surface area contributed by atoms with Crippen LogP contribution in [0.1, 0.15) is 13.8 Å². The SMILES string of the molecule is CC(=S)C(C)C(=O)Oc1ccc(Cl)c(Cl)c1.